The van der Waals surface area contributed by atoms with Crippen molar-refractivity contribution >= 4 is 17.1 Å². The maximum absolute atomic E-state index is 5.93. The van der Waals surface area contributed by atoms with Crippen molar-refractivity contribution in [3.05, 3.63) is 36.2 Å². The van der Waals surface area contributed by atoms with Crippen LogP contribution < -0.4 is 4.90 Å². The minimum Gasteiger partial charge on any atom is -0.423 e. The second-order valence-corrected chi connectivity index (χ2v) is 5.79. The van der Waals surface area contributed by atoms with Crippen LogP contribution in [0.5, 0.6) is 0 Å². The van der Waals surface area contributed by atoms with Gasteiger partial charge in [-0.05, 0) is 18.6 Å². The zero-order chi connectivity index (χ0) is 14.5. The number of ether oxygens (including phenoxy) is 1. The lowest BCUT2D eigenvalue weighted by Crippen LogP contribution is -2.48. The van der Waals surface area contributed by atoms with Gasteiger partial charge in [0.1, 0.15) is 5.52 Å². The summed E-state index contributed by atoms with van der Waals surface area (Å²) < 4.78 is 13.8. The fourth-order valence-corrected chi connectivity index (χ4v) is 3.35. The third-order valence-corrected chi connectivity index (χ3v) is 4.48. The van der Waals surface area contributed by atoms with E-state index >= 15 is 0 Å². The van der Waals surface area contributed by atoms with E-state index in [1.54, 1.807) is 6.20 Å². The maximum Gasteiger partial charge on any atom is 0.298 e. The highest BCUT2D eigenvalue weighted by atomic mass is 16.5. The van der Waals surface area contributed by atoms with Gasteiger partial charge < -0.3 is 14.1 Å². The second-order valence-electron chi connectivity index (χ2n) is 5.79. The SMILES string of the molecule is c1ccc2oc(N3CC[C@H]4OCc5cnnn5[C@@H]4C3)nc2c1. The Kier molecular flexibility index (Phi) is 2.51. The molecule has 0 aliphatic carbocycles. The monoisotopic (exact) mass is 297 g/mol. The van der Waals surface area contributed by atoms with Gasteiger partial charge in [-0.1, -0.05) is 17.3 Å². The minimum absolute atomic E-state index is 0.162. The molecule has 7 heteroatoms. The summed E-state index contributed by atoms with van der Waals surface area (Å²) in [6.45, 7) is 2.24. The van der Waals surface area contributed by atoms with Crippen molar-refractivity contribution in [2.24, 2.45) is 0 Å². The van der Waals surface area contributed by atoms with Crippen LogP contribution in [0, 0.1) is 0 Å². The smallest absolute Gasteiger partial charge is 0.298 e. The molecular formula is C15H15N5O2. The van der Waals surface area contributed by atoms with Crippen LogP contribution in [0.2, 0.25) is 0 Å². The molecule has 2 atom stereocenters. The molecule has 1 aromatic carbocycles. The van der Waals surface area contributed by atoms with Gasteiger partial charge in [-0.25, -0.2) is 4.68 Å². The molecule has 2 aliphatic heterocycles. The number of rotatable bonds is 1. The molecule has 0 amide bonds. The predicted molar refractivity (Wildman–Crippen MR) is 78.5 cm³/mol. The number of hydrogen-bond acceptors (Lipinski definition) is 6. The molecule has 2 aliphatic rings. The standard InChI is InChI=1S/C15H15N5O2/c1-2-4-13-11(3-1)17-15(22-13)19-6-5-14-12(8-19)20-10(9-21-14)7-16-18-20/h1-4,7,12,14H,5-6,8-9H2/t12-,14-/m1/s1. The highest BCUT2D eigenvalue weighted by Gasteiger charge is 2.37. The van der Waals surface area contributed by atoms with Gasteiger partial charge in [-0.2, -0.15) is 4.98 Å². The summed E-state index contributed by atoms with van der Waals surface area (Å²) in [5, 5.41) is 8.22. The first kappa shape index (κ1) is 12.2. The lowest BCUT2D eigenvalue weighted by Gasteiger charge is -2.40. The van der Waals surface area contributed by atoms with Crippen molar-refractivity contribution in [1.29, 1.82) is 0 Å². The Morgan fingerprint density at radius 3 is 3.14 bits per heavy atom. The molecule has 3 aromatic rings. The van der Waals surface area contributed by atoms with Crippen molar-refractivity contribution in [1.82, 2.24) is 20.0 Å². The number of nitrogens with zero attached hydrogens (tertiary/aromatic N) is 5. The fraction of sp³-hybridized carbons (Fsp3) is 0.400. The van der Waals surface area contributed by atoms with Gasteiger partial charge in [-0.3, -0.25) is 0 Å². The summed E-state index contributed by atoms with van der Waals surface area (Å²) >= 11 is 0. The van der Waals surface area contributed by atoms with Gasteiger partial charge in [-0.15, -0.1) is 5.10 Å². The van der Waals surface area contributed by atoms with Crippen molar-refractivity contribution in [3.8, 4) is 0 Å². The van der Waals surface area contributed by atoms with E-state index in [2.05, 4.69) is 20.2 Å². The molecular weight excluding hydrogens is 282 g/mol. The van der Waals surface area contributed by atoms with E-state index in [0.29, 0.717) is 12.6 Å². The van der Waals surface area contributed by atoms with Gasteiger partial charge in [0.2, 0.25) is 0 Å². The number of para-hydroxylation sites is 2. The minimum atomic E-state index is 0.162. The van der Waals surface area contributed by atoms with Gasteiger partial charge in [0.05, 0.1) is 30.6 Å². The molecule has 0 radical (unpaired) electrons. The van der Waals surface area contributed by atoms with E-state index in [1.165, 1.54) is 0 Å². The van der Waals surface area contributed by atoms with Crippen LogP contribution in [-0.4, -0.2) is 39.2 Å². The molecule has 1 fully saturated rings. The number of hydrogen-bond donors (Lipinski definition) is 0. The summed E-state index contributed by atoms with van der Waals surface area (Å²) in [6, 6.07) is 8.67. The van der Waals surface area contributed by atoms with E-state index in [1.807, 2.05) is 28.9 Å². The zero-order valence-electron chi connectivity index (χ0n) is 11.9. The number of oxazole rings is 1. The van der Waals surface area contributed by atoms with Gasteiger partial charge in [0, 0.05) is 13.1 Å². The Morgan fingerprint density at radius 1 is 1.23 bits per heavy atom. The first-order chi connectivity index (χ1) is 10.9. The lowest BCUT2D eigenvalue weighted by atomic mass is 10.0. The van der Waals surface area contributed by atoms with Crippen LogP contribution >= 0.6 is 0 Å². The van der Waals surface area contributed by atoms with Crippen LogP contribution in [0.1, 0.15) is 18.2 Å². The van der Waals surface area contributed by atoms with E-state index in [4.69, 9.17) is 9.15 Å². The van der Waals surface area contributed by atoms with Crippen molar-refractivity contribution in [2.75, 3.05) is 18.0 Å². The molecule has 0 unspecified atom stereocenters. The fourth-order valence-electron chi connectivity index (χ4n) is 3.35. The van der Waals surface area contributed by atoms with Crippen LogP contribution in [0.4, 0.5) is 6.01 Å². The predicted octanol–water partition coefficient (Wildman–Crippen LogP) is 1.77. The number of piperidine rings is 1. The Morgan fingerprint density at radius 2 is 2.18 bits per heavy atom. The summed E-state index contributed by atoms with van der Waals surface area (Å²) in [4.78, 5) is 6.76. The molecule has 2 aromatic heterocycles. The van der Waals surface area contributed by atoms with Crippen molar-refractivity contribution in [3.63, 3.8) is 0 Å². The average Bonchev–Trinajstić information content (AvgIpc) is 3.20. The van der Waals surface area contributed by atoms with E-state index in [9.17, 15) is 0 Å². The van der Waals surface area contributed by atoms with E-state index in [-0.39, 0.29) is 12.1 Å². The molecule has 0 saturated carbocycles. The Hall–Kier alpha value is -2.41. The normalized spacial score (nSPS) is 24.3. The third-order valence-electron chi connectivity index (χ3n) is 4.48. The summed E-state index contributed by atoms with van der Waals surface area (Å²) in [7, 11) is 0. The first-order valence-corrected chi connectivity index (χ1v) is 7.50. The molecule has 5 rings (SSSR count). The largest absolute Gasteiger partial charge is 0.423 e. The van der Waals surface area contributed by atoms with Crippen LogP contribution in [0.25, 0.3) is 11.1 Å². The molecule has 112 valence electrons. The topological polar surface area (TPSA) is 69.2 Å². The quantitative estimate of drug-likeness (QED) is 0.682. The third kappa shape index (κ3) is 1.75. The van der Waals surface area contributed by atoms with Crippen molar-refractivity contribution in [2.45, 2.75) is 25.2 Å². The number of aromatic nitrogens is 4. The van der Waals surface area contributed by atoms with E-state index in [0.717, 1.165) is 36.3 Å². The Balaban J connectivity index is 1.48. The summed E-state index contributed by atoms with van der Waals surface area (Å²) in [5.74, 6) is 0. The zero-order valence-corrected chi connectivity index (χ0v) is 11.9. The molecule has 0 N–H and O–H groups in total. The number of anilines is 1. The second kappa shape index (κ2) is 4.54. The highest BCUT2D eigenvalue weighted by molar-refractivity contribution is 5.74. The van der Waals surface area contributed by atoms with Gasteiger partial charge >= 0.3 is 0 Å². The maximum atomic E-state index is 5.93. The Bertz CT molecular complexity index is 793. The lowest BCUT2D eigenvalue weighted by molar-refractivity contribution is -0.0377. The van der Waals surface area contributed by atoms with Crippen LogP contribution in [0.3, 0.4) is 0 Å². The molecule has 0 bridgehead atoms. The average molecular weight is 297 g/mol. The van der Waals surface area contributed by atoms with Gasteiger partial charge in [0.25, 0.3) is 6.01 Å². The van der Waals surface area contributed by atoms with Crippen LogP contribution in [-0.2, 0) is 11.3 Å². The number of benzene rings is 1. The summed E-state index contributed by atoms with van der Waals surface area (Å²) in [6.07, 6.45) is 2.90. The highest BCUT2D eigenvalue weighted by Crippen LogP contribution is 2.33. The van der Waals surface area contributed by atoms with Crippen molar-refractivity contribution < 1.29 is 9.15 Å². The number of fused-ring (bicyclic) bond motifs is 4. The Labute approximate surface area is 126 Å². The van der Waals surface area contributed by atoms with Gasteiger partial charge in [0.15, 0.2) is 5.58 Å². The molecule has 7 nitrogen and oxygen atoms in total. The van der Waals surface area contributed by atoms with Crippen LogP contribution in [0.15, 0.2) is 34.9 Å². The van der Waals surface area contributed by atoms with E-state index < -0.39 is 0 Å². The molecule has 1 saturated heterocycles. The summed E-state index contributed by atoms with van der Waals surface area (Å²) in [5.41, 5.74) is 2.74. The molecule has 22 heavy (non-hydrogen) atoms. The molecule has 4 heterocycles. The first-order valence-electron chi connectivity index (χ1n) is 7.50. The molecule has 0 spiro atoms.